The lowest BCUT2D eigenvalue weighted by Crippen LogP contribution is -2.47. The average Bonchev–Trinajstić information content (AvgIpc) is 1.78. The van der Waals surface area contributed by atoms with Crippen molar-refractivity contribution in [3.63, 3.8) is 0 Å². The second-order valence-electron chi connectivity index (χ2n) is 5.21. The van der Waals surface area contributed by atoms with Crippen LogP contribution >= 0.6 is 0 Å². The molecule has 0 rings (SSSR count). The van der Waals surface area contributed by atoms with Crippen LogP contribution in [0.2, 0.25) is 0 Å². The minimum atomic E-state index is -3.60. The van der Waals surface area contributed by atoms with Crippen molar-refractivity contribution in [2.45, 2.75) is 47.1 Å². The Morgan fingerprint density at radius 1 is 1.29 bits per heavy atom. The first-order chi connectivity index (χ1) is 6.02. The van der Waals surface area contributed by atoms with Crippen LogP contribution in [-0.2, 0) is 10.2 Å². The van der Waals surface area contributed by atoms with Gasteiger partial charge in [0.05, 0.1) is 0 Å². The van der Waals surface area contributed by atoms with E-state index in [0.717, 1.165) is 6.42 Å². The first-order valence-corrected chi connectivity index (χ1v) is 6.37. The summed E-state index contributed by atoms with van der Waals surface area (Å²) in [6, 6.07) is -0.113. The Hall–Kier alpha value is -0.130. The van der Waals surface area contributed by atoms with Crippen LogP contribution in [0.1, 0.15) is 41.0 Å². The van der Waals surface area contributed by atoms with Crippen molar-refractivity contribution in [3.05, 3.63) is 0 Å². The summed E-state index contributed by atoms with van der Waals surface area (Å²) in [7, 11) is -3.60. The predicted molar refractivity (Wildman–Crippen MR) is 58.9 cm³/mol. The molecule has 1 unspecified atom stereocenters. The van der Waals surface area contributed by atoms with Crippen LogP contribution in [0.25, 0.3) is 0 Å². The van der Waals surface area contributed by atoms with Crippen LogP contribution in [0.4, 0.5) is 0 Å². The highest BCUT2D eigenvalue weighted by Gasteiger charge is 2.27. The maximum absolute atomic E-state index is 10.9. The fraction of sp³-hybridized carbons (Fsp3) is 1.00. The Kier molecular flexibility index (Phi) is 4.55. The fourth-order valence-corrected chi connectivity index (χ4v) is 2.09. The van der Waals surface area contributed by atoms with Gasteiger partial charge in [-0.2, -0.15) is 13.1 Å². The van der Waals surface area contributed by atoms with Gasteiger partial charge in [0.25, 0.3) is 10.2 Å². The van der Waals surface area contributed by atoms with Gasteiger partial charge in [-0.3, -0.25) is 0 Å². The molecule has 0 fully saturated rings. The van der Waals surface area contributed by atoms with Crippen LogP contribution in [0.3, 0.4) is 0 Å². The van der Waals surface area contributed by atoms with E-state index >= 15 is 0 Å². The smallest absolute Gasteiger partial charge is 0.216 e. The summed E-state index contributed by atoms with van der Waals surface area (Å²) in [4.78, 5) is 0. The molecule has 14 heavy (non-hydrogen) atoms. The molecule has 0 saturated carbocycles. The van der Waals surface area contributed by atoms with Gasteiger partial charge in [0.15, 0.2) is 0 Å². The van der Waals surface area contributed by atoms with Crippen LogP contribution in [-0.4, -0.2) is 14.5 Å². The molecule has 0 aliphatic heterocycles. The summed E-state index contributed by atoms with van der Waals surface area (Å²) < 4.78 is 24.4. The number of hydrogen-bond donors (Lipinski definition) is 2. The summed E-state index contributed by atoms with van der Waals surface area (Å²) in [5.41, 5.74) is -0.114. The van der Waals surface area contributed by atoms with Gasteiger partial charge in [-0.15, -0.1) is 0 Å². The van der Waals surface area contributed by atoms with Crippen LogP contribution < -0.4 is 9.86 Å². The second kappa shape index (κ2) is 4.59. The molecule has 0 spiro atoms. The lowest BCUT2D eigenvalue weighted by Gasteiger charge is -2.31. The summed E-state index contributed by atoms with van der Waals surface area (Å²) in [5.74, 6) is 0.438. The maximum Gasteiger partial charge on any atom is 0.274 e. The maximum atomic E-state index is 10.9. The van der Waals surface area contributed by atoms with Crippen molar-refractivity contribution < 1.29 is 8.42 Å². The topological polar surface area (TPSA) is 72.2 Å². The van der Waals surface area contributed by atoms with E-state index in [0.29, 0.717) is 5.92 Å². The van der Waals surface area contributed by atoms with E-state index in [1.165, 1.54) is 0 Å². The zero-order chi connectivity index (χ0) is 11.6. The van der Waals surface area contributed by atoms with E-state index in [1.54, 1.807) is 0 Å². The molecule has 0 radical (unpaired) electrons. The van der Waals surface area contributed by atoms with Crippen molar-refractivity contribution in [1.82, 2.24) is 4.72 Å². The standard InChI is InChI=1S/C9H22N2O2S/c1-7(2)6-8(9(3,4)5)11-14(10,12)13/h7-8,11H,6H2,1-5H3,(H2,10,12,13). The SMILES string of the molecule is CC(C)CC(NS(N)(=O)=O)C(C)(C)C. The lowest BCUT2D eigenvalue weighted by atomic mass is 9.83. The van der Waals surface area contributed by atoms with Gasteiger partial charge in [-0.05, 0) is 17.8 Å². The third-order valence-electron chi connectivity index (χ3n) is 2.06. The minimum Gasteiger partial charge on any atom is -0.216 e. The Balaban J connectivity index is 4.58. The second-order valence-corrected chi connectivity index (χ2v) is 6.54. The highest BCUT2D eigenvalue weighted by Crippen LogP contribution is 2.24. The van der Waals surface area contributed by atoms with Crippen molar-refractivity contribution in [2.75, 3.05) is 0 Å². The van der Waals surface area contributed by atoms with E-state index in [-0.39, 0.29) is 11.5 Å². The molecule has 0 saturated heterocycles. The van der Waals surface area contributed by atoms with E-state index in [9.17, 15) is 8.42 Å². The Labute approximate surface area is 87.4 Å². The van der Waals surface area contributed by atoms with Crippen molar-refractivity contribution >= 4 is 10.2 Å². The Bertz CT molecular complexity index is 265. The van der Waals surface area contributed by atoms with Gasteiger partial charge in [0.1, 0.15) is 0 Å². The average molecular weight is 222 g/mol. The molecular formula is C9H22N2O2S. The largest absolute Gasteiger partial charge is 0.274 e. The molecule has 0 amide bonds. The highest BCUT2D eigenvalue weighted by atomic mass is 32.2. The first-order valence-electron chi connectivity index (χ1n) is 4.82. The molecule has 0 bridgehead atoms. The molecule has 0 aromatic heterocycles. The third-order valence-corrected chi connectivity index (χ3v) is 2.67. The van der Waals surface area contributed by atoms with Crippen LogP contribution in [0.5, 0.6) is 0 Å². The molecule has 4 nitrogen and oxygen atoms in total. The summed E-state index contributed by atoms with van der Waals surface area (Å²) >= 11 is 0. The molecule has 3 N–H and O–H groups in total. The molecule has 0 heterocycles. The highest BCUT2D eigenvalue weighted by molar-refractivity contribution is 7.87. The van der Waals surface area contributed by atoms with Gasteiger partial charge in [-0.1, -0.05) is 34.6 Å². The fourth-order valence-electron chi connectivity index (χ4n) is 1.25. The normalized spacial score (nSPS) is 15.9. The Morgan fingerprint density at radius 3 is 1.93 bits per heavy atom. The van der Waals surface area contributed by atoms with E-state index in [1.807, 2.05) is 20.8 Å². The molecule has 5 heteroatoms. The summed E-state index contributed by atoms with van der Waals surface area (Å²) in [6.07, 6.45) is 0.792. The number of rotatable bonds is 4. The third kappa shape index (κ3) is 6.34. The van der Waals surface area contributed by atoms with Gasteiger partial charge < -0.3 is 0 Å². The summed E-state index contributed by atoms with van der Waals surface area (Å²) in [5, 5.41) is 4.97. The molecular weight excluding hydrogens is 200 g/mol. The van der Waals surface area contributed by atoms with Crippen molar-refractivity contribution in [1.29, 1.82) is 0 Å². The molecule has 0 aliphatic carbocycles. The van der Waals surface area contributed by atoms with Gasteiger partial charge in [-0.25, -0.2) is 5.14 Å². The van der Waals surface area contributed by atoms with Gasteiger partial charge in [0, 0.05) is 6.04 Å². The molecule has 0 aliphatic rings. The van der Waals surface area contributed by atoms with E-state index in [2.05, 4.69) is 18.6 Å². The monoisotopic (exact) mass is 222 g/mol. The molecule has 0 aromatic rings. The first kappa shape index (κ1) is 13.9. The number of hydrogen-bond acceptors (Lipinski definition) is 2. The summed E-state index contributed by atoms with van der Waals surface area (Å²) in [6.45, 7) is 10.1. The van der Waals surface area contributed by atoms with Gasteiger partial charge in [0.2, 0.25) is 0 Å². The van der Waals surface area contributed by atoms with Crippen molar-refractivity contribution in [3.8, 4) is 0 Å². The molecule has 1 atom stereocenters. The van der Waals surface area contributed by atoms with E-state index < -0.39 is 10.2 Å². The Morgan fingerprint density at radius 2 is 1.71 bits per heavy atom. The molecule has 0 aromatic carbocycles. The zero-order valence-corrected chi connectivity index (χ0v) is 10.5. The quantitative estimate of drug-likeness (QED) is 0.751. The lowest BCUT2D eigenvalue weighted by molar-refractivity contribution is 0.262. The zero-order valence-electron chi connectivity index (χ0n) is 9.66. The minimum absolute atomic E-state index is 0.113. The number of nitrogens with one attached hydrogen (secondary N) is 1. The number of nitrogens with two attached hydrogens (primary N) is 1. The van der Waals surface area contributed by atoms with Gasteiger partial charge >= 0.3 is 0 Å². The van der Waals surface area contributed by atoms with Crippen LogP contribution in [0, 0.1) is 11.3 Å². The van der Waals surface area contributed by atoms with Crippen LogP contribution in [0.15, 0.2) is 0 Å². The van der Waals surface area contributed by atoms with Crippen molar-refractivity contribution in [2.24, 2.45) is 16.5 Å². The predicted octanol–water partition coefficient (Wildman–Crippen LogP) is 1.24. The van der Waals surface area contributed by atoms with E-state index in [4.69, 9.17) is 5.14 Å². The molecule has 86 valence electrons.